The normalized spacial score (nSPS) is 13.0. The minimum absolute atomic E-state index is 0.406. The van der Waals surface area contributed by atoms with Crippen molar-refractivity contribution < 1.29 is 12.8 Å². The molecule has 0 aliphatic carbocycles. The van der Waals surface area contributed by atoms with Gasteiger partial charge in [0.05, 0.1) is 11.3 Å². The topological polar surface area (TPSA) is 59.3 Å². The summed E-state index contributed by atoms with van der Waals surface area (Å²) in [6.07, 6.45) is 1.25. The second-order valence-corrected chi connectivity index (χ2v) is 8.05. The quantitative estimate of drug-likeness (QED) is 0.817. The molecule has 16 heavy (non-hydrogen) atoms. The Hall–Kier alpha value is -0.0800. The lowest BCUT2D eigenvalue weighted by Crippen LogP contribution is -2.41. The predicted molar refractivity (Wildman–Crippen MR) is 72.1 cm³/mol. The van der Waals surface area contributed by atoms with Gasteiger partial charge in [-0.15, -0.1) is 0 Å². The van der Waals surface area contributed by atoms with Crippen LogP contribution in [0.4, 0.5) is 0 Å². The van der Waals surface area contributed by atoms with E-state index in [1.807, 2.05) is 12.1 Å². The van der Waals surface area contributed by atoms with E-state index in [9.17, 15) is 8.42 Å². The molecule has 1 aromatic rings. The first-order valence-corrected chi connectivity index (χ1v) is 7.84. The molecule has 0 unspecified atom stereocenters. The number of nitrogens with one attached hydrogen (secondary N) is 1. The summed E-state index contributed by atoms with van der Waals surface area (Å²) in [4.78, 5) is 0. The van der Waals surface area contributed by atoms with Crippen LogP contribution in [0.3, 0.4) is 0 Å². The van der Waals surface area contributed by atoms with Crippen molar-refractivity contribution >= 4 is 32.4 Å². The summed E-state index contributed by atoms with van der Waals surface area (Å²) in [6, 6.07) is 3.75. The Kier molecular flexibility index (Phi) is 4.42. The maximum atomic E-state index is 11.4. The molecule has 0 fully saturated rings. The molecular weight excluding hydrogens is 341 g/mol. The molecule has 6 heteroatoms. The van der Waals surface area contributed by atoms with E-state index < -0.39 is 14.6 Å². The number of furan rings is 1. The minimum Gasteiger partial charge on any atom is -0.454 e. The zero-order valence-electron chi connectivity index (χ0n) is 9.58. The Labute approximate surface area is 110 Å². The highest BCUT2D eigenvalue weighted by Gasteiger charge is 2.29. The van der Waals surface area contributed by atoms with Crippen LogP contribution in [0.25, 0.3) is 0 Å². The molecule has 0 saturated heterocycles. The molecule has 0 aliphatic heterocycles. The van der Waals surface area contributed by atoms with Crippen molar-refractivity contribution in [3.8, 4) is 0 Å². The first kappa shape index (κ1) is 14.0. The van der Waals surface area contributed by atoms with Gasteiger partial charge in [-0.25, -0.2) is 8.42 Å². The Bertz CT molecular complexity index is 450. The Morgan fingerprint density at radius 3 is 2.50 bits per heavy atom. The third-order valence-corrected chi connectivity index (χ3v) is 5.21. The predicted octanol–water partition coefficient (Wildman–Crippen LogP) is 1.80. The van der Waals surface area contributed by atoms with Crippen molar-refractivity contribution in [1.82, 2.24) is 5.32 Å². The molecule has 0 atom stereocenters. The van der Waals surface area contributed by atoms with E-state index in [4.69, 9.17) is 4.42 Å². The van der Waals surface area contributed by atoms with Gasteiger partial charge in [0.1, 0.15) is 5.76 Å². The van der Waals surface area contributed by atoms with Crippen LogP contribution in [-0.4, -0.2) is 26.0 Å². The molecule has 0 bridgehead atoms. The molecule has 0 saturated carbocycles. The van der Waals surface area contributed by atoms with Crippen LogP contribution in [0.1, 0.15) is 19.6 Å². The number of halogens is 1. The van der Waals surface area contributed by atoms with E-state index >= 15 is 0 Å². The van der Waals surface area contributed by atoms with Gasteiger partial charge in [0.15, 0.2) is 13.6 Å². The second-order valence-electron chi connectivity index (χ2n) is 4.34. The molecule has 0 radical (unpaired) electrons. The van der Waals surface area contributed by atoms with Gasteiger partial charge in [-0.05, 0) is 48.6 Å². The highest BCUT2D eigenvalue weighted by molar-refractivity contribution is 14.1. The van der Waals surface area contributed by atoms with Gasteiger partial charge in [0.25, 0.3) is 0 Å². The van der Waals surface area contributed by atoms with Crippen molar-refractivity contribution in [2.24, 2.45) is 0 Å². The molecule has 92 valence electrons. The minimum atomic E-state index is -3.05. The molecule has 1 N–H and O–H groups in total. The maximum Gasteiger partial charge on any atom is 0.164 e. The fourth-order valence-electron chi connectivity index (χ4n) is 1.06. The lowest BCUT2D eigenvalue weighted by molar-refractivity contribution is 0.449. The van der Waals surface area contributed by atoms with Crippen LogP contribution in [0, 0.1) is 3.77 Å². The lowest BCUT2D eigenvalue weighted by Gasteiger charge is -2.22. The van der Waals surface area contributed by atoms with Crippen LogP contribution in [0.15, 0.2) is 16.5 Å². The van der Waals surface area contributed by atoms with E-state index in [0.29, 0.717) is 13.1 Å². The molecule has 1 aromatic heterocycles. The second kappa shape index (κ2) is 5.05. The molecule has 0 spiro atoms. The summed E-state index contributed by atoms with van der Waals surface area (Å²) < 4.78 is 28.3. The summed E-state index contributed by atoms with van der Waals surface area (Å²) in [6.45, 7) is 4.37. The number of hydrogen-bond acceptors (Lipinski definition) is 4. The summed E-state index contributed by atoms with van der Waals surface area (Å²) in [5.74, 6) is 0.814. The third-order valence-electron chi connectivity index (χ3n) is 2.48. The smallest absolute Gasteiger partial charge is 0.164 e. The Morgan fingerprint density at radius 1 is 1.44 bits per heavy atom. The summed E-state index contributed by atoms with van der Waals surface area (Å²) in [5, 5.41) is 3.09. The van der Waals surface area contributed by atoms with E-state index in [2.05, 4.69) is 27.9 Å². The summed E-state index contributed by atoms with van der Waals surface area (Å²) in [5.41, 5.74) is 0. The Balaban J connectivity index is 2.48. The maximum absolute atomic E-state index is 11.4. The van der Waals surface area contributed by atoms with Crippen molar-refractivity contribution in [3.63, 3.8) is 0 Å². The van der Waals surface area contributed by atoms with E-state index in [1.54, 1.807) is 13.8 Å². The Morgan fingerprint density at radius 2 is 2.06 bits per heavy atom. The first-order valence-electron chi connectivity index (χ1n) is 4.87. The molecule has 1 heterocycles. The third kappa shape index (κ3) is 3.74. The first-order chi connectivity index (χ1) is 7.22. The average Bonchev–Trinajstić information content (AvgIpc) is 2.49. The van der Waals surface area contributed by atoms with Gasteiger partial charge in [-0.3, -0.25) is 0 Å². The highest BCUT2D eigenvalue weighted by Crippen LogP contribution is 2.14. The SMILES string of the molecule is CC(C)(CNCc1ccc(I)o1)S(C)(=O)=O. The molecule has 1 rings (SSSR count). The number of hydrogen-bond donors (Lipinski definition) is 1. The summed E-state index contributed by atoms with van der Waals surface area (Å²) >= 11 is 2.09. The van der Waals surface area contributed by atoms with E-state index in [1.165, 1.54) is 6.26 Å². The highest BCUT2D eigenvalue weighted by atomic mass is 127. The molecular formula is C10H16INO3S. The van der Waals surface area contributed by atoms with Gasteiger partial charge >= 0.3 is 0 Å². The zero-order chi connectivity index (χ0) is 12.4. The van der Waals surface area contributed by atoms with Gasteiger partial charge in [-0.1, -0.05) is 0 Å². The van der Waals surface area contributed by atoms with Crippen LogP contribution in [0.2, 0.25) is 0 Å². The average molecular weight is 357 g/mol. The molecule has 0 aromatic carbocycles. The van der Waals surface area contributed by atoms with Crippen molar-refractivity contribution in [1.29, 1.82) is 0 Å². The molecule has 4 nitrogen and oxygen atoms in total. The van der Waals surface area contributed by atoms with Gasteiger partial charge in [-0.2, -0.15) is 0 Å². The zero-order valence-corrected chi connectivity index (χ0v) is 12.6. The van der Waals surface area contributed by atoms with Gasteiger partial charge in [0, 0.05) is 12.8 Å². The van der Waals surface area contributed by atoms with Crippen molar-refractivity contribution in [3.05, 3.63) is 21.7 Å². The lowest BCUT2D eigenvalue weighted by atomic mass is 10.2. The van der Waals surface area contributed by atoms with E-state index in [0.717, 1.165) is 9.53 Å². The molecule has 0 aliphatic rings. The van der Waals surface area contributed by atoms with Crippen LogP contribution < -0.4 is 5.32 Å². The molecule has 0 amide bonds. The van der Waals surface area contributed by atoms with Crippen molar-refractivity contribution in [2.45, 2.75) is 25.1 Å². The monoisotopic (exact) mass is 357 g/mol. The van der Waals surface area contributed by atoms with E-state index in [-0.39, 0.29) is 0 Å². The van der Waals surface area contributed by atoms with Crippen LogP contribution in [0.5, 0.6) is 0 Å². The van der Waals surface area contributed by atoms with Crippen LogP contribution >= 0.6 is 22.6 Å². The van der Waals surface area contributed by atoms with Gasteiger partial charge < -0.3 is 9.73 Å². The van der Waals surface area contributed by atoms with Gasteiger partial charge in [0.2, 0.25) is 0 Å². The number of sulfone groups is 1. The summed E-state index contributed by atoms with van der Waals surface area (Å²) in [7, 11) is -3.05. The fraction of sp³-hybridized carbons (Fsp3) is 0.600. The fourth-order valence-corrected chi connectivity index (χ4v) is 1.89. The largest absolute Gasteiger partial charge is 0.454 e. The van der Waals surface area contributed by atoms with Crippen molar-refractivity contribution in [2.75, 3.05) is 12.8 Å². The number of rotatable bonds is 5. The standard InChI is InChI=1S/C10H16INO3S/c1-10(2,16(3,13)14)7-12-6-8-4-5-9(11)15-8/h4-5,12H,6-7H2,1-3H3. The van der Waals surface area contributed by atoms with Crippen LogP contribution in [-0.2, 0) is 16.4 Å².